The predicted octanol–water partition coefficient (Wildman–Crippen LogP) is 3.16. The lowest BCUT2D eigenvalue weighted by atomic mass is 9.86. The van der Waals surface area contributed by atoms with Crippen molar-refractivity contribution in [2.75, 3.05) is 0 Å². The van der Waals surface area contributed by atoms with Gasteiger partial charge < -0.3 is 9.73 Å². The van der Waals surface area contributed by atoms with Crippen LogP contribution in [0, 0.1) is 5.92 Å². The van der Waals surface area contributed by atoms with Gasteiger partial charge in [0.05, 0.1) is 5.71 Å². The van der Waals surface area contributed by atoms with Crippen LogP contribution in [0.3, 0.4) is 0 Å². The topological polar surface area (TPSA) is 71.7 Å². The minimum absolute atomic E-state index is 0.0505. The zero-order valence-electron chi connectivity index (χ0n) is 11.8. The highest BCUT2D eigenvalue weighted by atomic mass is 79.9. The molecule has 1 N–H and O–H groups in total. The number of nitrogens with one attached hydrogen (secondary N) is 1. The van der Waals surface area contributed by atoms with Crippen molar-refractivity contribution < 1.29 is 14.0 Å². The van der Waals surface area contributed by atoms with Crippen LogP contribution in [0.1, 0.15) is 23.9 Å². The van der Waals surface area contributed by atoms with Gasteiger partial charge in [-0.15, -0.1) is 0 Å². The summed E-state index contributed by atoms with van der Waals surface area (Å²) < 4.78 is 5.66. The molecule has 0 spiro atoms. The van der Waals surface area contributed by atoms with Gasteiger partial charge >= 0.3 is 5.91 Å². The van der Waals surface area contributed by atoms with E-state index in [1.807, 2.05) is 13.0 Å². The van der Waals surface area contributed by atoms with E-state index in [2.05, 4.69) is 26.2 Å². The van der Waals surface area contributed by atoms with Crippen LogP contribution in [0.25, 0.3) is 0 Å². The van der Waals surface area contributed by atoms with Gasteiger partial charge in [-0.2, -0.15) is 0 Å². The number of carbonyl (C=O) groups excluding carboxylic acids is 2. The second-order valence-corrected chi connectivity index (χ2v) is 5.73. The summed E-state index contributed by atoms with van der Waals surface area (Å²) in [6.07, 6.45) is 7.87. The Morgan fingerprint density at radius 1 is 1.41 bits per heavy atom. The summed E-state index contributed by atoms with van der Waals surface area (Å²) in [5, 5.41) is 2.80. The molecule has 22 heavy (non-hydrogen) atoms. The van der Waals surface area contributed by atoms with Gasteiger partial charge in [-0.25, -0.2) is 4.99 Å². The monoisotopic (exact) mass is 360 g/mol. The van der Waals surface area contributed by atoms with E-state index in [9.17, 15) is 9.59 Å². The van der Waals surface area contributed by atoms with Gasteiger partial charge in [0.25, 0.3) is 0 Å². The number of carbonyl (C=O) groups is 2. The molecule has 6 heteroatoms. The van der Waals surface area contributed by atoms with E-state index in [4.69, 9.17) is 4.42 Å². The number of halogens is 1. The number of rotatable bonds is 2. The average molecular weight is 361 g/mol. The third kappa shape index (κ3) is 2.87. The molecule has 0 saturated heterocycles. The first kappa shape index (κ1) is 14.7. The Morgan fingerprint density at radius 3 is 2.91 bits per heavy atom. The van der Waals surface area contributed by atoms with Crippen LogP contribution in [-0.4, -0.2) is 17.5 Å². The summed E-state index contributed by atoms with van der Waals surface area (Å²) in [6.45, 7) is 2.01. The zero-order chi connectivity index (χ0) is 15.7. The predicted molar refractivity (Wildman–Crippen MR) is 85.4 cm³/mol. The van der Waals surface area contributed by atoms with Crippen LogP contribution in [-0.2, 0) is 4.79 Å². The Labute approximate surface area is 135 Å². The van der Waals surface area contributed by atoms with Crippen LogP contribution in [0.5, 0.6) is 0 Å². The third-order valence-corrected chi connectivity index (χ3v) is 3.93. The molecular formula is C16H13BrN2O3. The number of amides is 2. The molecule has 2 aliphatic rings. The van der Waals surface area contributed by atoms with E-state index < -0.39 is 5.91 Å². The number of hydrogen-bond acceptors (Lipinski definition) is 3. The fourth-order valence-electron chi connectivity index (χ4n) is 2.46. The molecule has 0 radical (unpaired) electrons. The molecule has 1 aromatic rings. The highest BCUT2D eigenvalue weighted by molar-refractivity contribution is 9.10. The number of fused-ring (bicyclic) bond motifs is 1. The second kappa shape index (κ2) is 5.88. The molecule has 0 fully saturated rings. The highest BCUT2D eigenvalue weighted by Crippen LogP contribution is 2.29. The van der Waals surface area contributed by atoms with Crippen LogP contribution in [0.15, 0.2) is 61.8 Å². The molecule has 1 atom stereocenters. The van der Waals surface area contributed by atoms with Gasteiger partial charge in [0.2, 0.25) is 5.91 Å². The first-order valence-electron chi connectivity index (χ1n) is 6.86. The standard InChI is InChI=1S/C16H13BrN2O3/c1-2-9-7-15(20)19-12-8-10(3-4-11(9)12)18-16(21)13-5-6-14(17)22-13/h3-8,11H,2H2,1H3,(H,19,20). The van der Waals surface area contributed by atoms with Crippen molar-refractivity contribution in [2.45, 2.75) is 13.3 Å². The Morgan fingerprint density at radius 2 is 2.23 bits per heavy atom. The highest BCUT2D eigenvalue weighted by Gasteiger charge is 2.25. The Hall–Kier alpha value is -2.21. The fraction of sp³-hybridized carbons (Fsp3) is 0.188. The SMILES string of the molecule is CCC1=CC(=O)NC2=CC(=NC(=O)c3ccc(Br)o3)C=CC12. The lowest BCUT2D eigenvalue weighted by molar-refractivity contribution is -0.116. The molecule has 1 unspecified atom stereocenters. The minimum atomic E-state index is -0.464. The number of furan rings is 1. The van der Waals surface area contributed by atoms with Crippen LogP contribution in [0.2, 0.25) is 0 Å². The minimum Gasteiger partial charge on any atom is -0.444 e. The van der Waals surface area contributed by atoms with E-state index in [1.54, 1.807) is 30.4 Å². The third-order valence-electron chi connectivity index (χ3n) is 3.50. The lowest BCUT2D eigenvalue weighted by Gasteiger charge is -2.26. The van der Waals surface area contributed by atoms with Gasteiger partial charge in [-0.3, -0.25) is 9.59 Å². The fourth-order valence-corrected chi connectivity index (χ4v) is 2.77. The maximum absolute atomic E-state index is 12.0. The molecule has 2 heterocycles. The Balaban J connectivity index is 1.87. The van der Waals surface area contributed by atoms with Crippen molar-refractivity contribution in [3.63, 3.8) is 0 Å². The molecule has 1 aromatic heterocycles. The Kier molecular flexibility index (Phi) is 3.94. The van der Waals surface area contributed by atoms with Gasteiger partial charge in [-0.1, -0.05) is 18.6 Å². The van der Waals surface area contributed by atoms with Crippen molar-refractivity contribution in [2.24, 2.45) is 10.9 Å². The quantitative estimate of drug-likeness (QED) is 0.880. The van der Waals surface area contributed by atoms with E-state index in [0.717, 1.165) is 17.7 Å². The molecule has 112 valence electrons. The van der Waals surface area contributed by atoms with Crippen molar-refractivity contribution in [3.8, 4) is 0 Å². The largest absolute Gasteiger partial charge is 0.444 e. The molecule has 0 bridgehead atoms. The Bertz CT molecular complexity index is 768. The van der Waals surface area contributed by atoms with Crippen molar-refractivity contribution in [1.82, 2.24) is 5.32 Å². The summed E-state index contributed by atoms with van der Waals surface area (Å²) in [6, 6.07) is 3.19. The van der Waals surface area contributed by atoms with Gasteiger partial charge in [0.15, 0.2) is 10.4 Å². The number of hydrogen-bond donors (Lipinski definition) is 1. The number of allylic oxidation sites excluding steroid dienone is 3. The molecule has 2 amide bonds. The number of aliphatic imine (C=N–C) groups is 1. The molecule has 5 nitrogen and oxygen atoms in total. The van der Waals surface area contributed by atoms with E-state index in [-0.39, 0.29) is 17.6 Å². The average Bonchev–Trinajstić information content (AvgIpc) is 2.92. The van der Waals surface area contributed by atoms with Crippen molar-refractivity contribution in [3.05, 3.63) is 58.1 Å². The summed E-state index contributed by atoms with van der Waals surface area (Å²) in [5.41, 5.74) is 2.28. The summed E-state index contributed by atoms with van der Waals surface area (Å²) >= 11 is 3.15. The van der Waals surface area contributed by atoms with Gasteiger partial charge in [-0.05, 0) is 46.6 Å². The van der Waals surface area contributed by atoms with Crippen molar-refractivity contribution >= 4 is 33.5 Å². The lowest BCUT2D eigenvalue weighted by Crippen LogP contribution is -2.33. The smallest absolute Gasteiger partial charge is 0.313 e. The summed E-state index contributed by atoms with van der Waals surface area (Å²) in [5.74, 6) is -0.394. The number of nitrogens with zero attached hydrogens (tertiary/aromatic N) is 1. The first-order chi connectivity index (χ1) is 10.6. The molecule has 1 aliphatic carbocycles. The van der Waals surface area contributed by atoms with E-state index >= 15 is 0 Å². The van der Waals surface area contributed by atoms with Crippen LogP contribution in [0.4, 0.5) is 0 Å². The van der Waals surface area contributed by atoms with E-state index in [0.29, 0.717) is 10.4 Å². The van der Waals surface area contributed by atoms with Crippen LogP contribution < -0.4 is 5.32 Å². The van der Waals surface area contributed by atoms with Gasteiger partial charge in [0, 0.05) is 17.7 Å². The summed E-state index contributed by atoms with van der Waals surface area (Å²) in [4.78, 5) is 27.7. The maximum Gasteiger partial charge on any atom is 0.313 e. The van der Waals surface area contributed by atoms with Crippen LogP contribution >= 0.6 is 15.9 Å². The molecule has 0 aromatic carbocycles. The van der Waals surface area contributed by atoms with Crippen molar-refractivity contribution in [1.29, 1.82) is 0 Å². The molecular weight excluding hydrogens is 348 g/mol. The summed E-state index contributed by atoms with van der Waals surface area (Å²) in [7, 11) is 0. The van der Waals surface area contributed by atoms with Gasteiger partial charge in [0.1, 0.15) is 0 Å². The normalized spacial score (nSPS) is 22.0. The molecule has 0 saturated carbocycles. The maximum atomic E-state index is 12.0. The first-order valence-corrected chi connectivity index (χ1v) is 7.65. The zero-order valence-corrected chi connectivity index (χ0v) is 13.4. The second-order valence-electron chi connectivity index (χ2n) is 4.94. The molecule has 3 rings (SSSR count). The van der Waals surface area contributed by atoms with E-state index in [1.165, 1.54) is 0 Å². The molecule has 1 aliphatic heterocycles.